The molecule has 0 bridgehead atoms. The number of likely N-dealkylation sites (tertiary alicyclic amines) is 2. The molecule has 1 N–H and O–H groups in total. The molecule has 3 heterocycles. The number of nitrogens with one attached hydrogen (secondary N) is 1. The second kappa shape index (κ2) is 11.5. The van der Waals surface area contributed by atoms with Gasteiger partial charge in [0, 0.05) is 51.9 Å². The van der Waals surface area contributed by atoms with Crippen molar-refractivity contribution in [1.29, 1.82) is 0 Å². The van der Waals surface area contributed by atoms with E-state index in [4.69, 9.17) is 4.52 Å². The molecule has 3 amide bonds. The number of aryl methyl sites for hydroxylation is 1. The van der Waals surface area contributed by atoms with Gasteiger partial charge in [0.15, 0.2) is 5.82 Å². The van der Waals surface area contributed by atoms with Crippen molar-refractivity contribution in [2.45, 2.75) is 96.4 Å². The van der Waals surface area contributed by atoms with Gasteiger partial charge < -0.3 is 19.6 Å². The van der Waals surface area contributed by atoms with Gasteiger partial charge in [-0.2, -0.15) is 4.98 Å². The number of hydrogen-bond acceptors (Lipinski definition) is 6. The number of aromatic nitrogens is 2. The van der Waals surface area contributed by atoms with E-state index in [0.717, 1.165) is 77.3 Å². The molecule has 3 aliphatic rings. The van der Waals surface area contributed by atoms with Crippen molar-refractivity contribution >= 4 is 17.7 Å². The molecule has 1 aliphatic carbocycles. The van der Waals surface area contributed by atoms with Crippen LogP contribution in [-0.4, -0.2) is 63.8 Å². The van der Waals surface area contributed by atoms with Gasteiger partial charge in [-0.1, -0.05) is 37.8 Å². The molecule has 4 rings (SSSR count). The number of amides is 3. The lowest BCUT2D eigenvalue weighted by atomic mass is 9.89. The zero-order valence-electron chi connectivity index (χ0n) is 21.4. The Morgan fingerprint density at radius 2 is 1.60 bits per heavy atom. The van der Waals surface area contributed by atoms with Gasteiger partial charge in [-0.25, -0.2) is 0 Å². The zero-order chi connectivity index (χ0) is 24.8. The van der Waals surface area contributed by atoms with Crippen LogP contribution in [0, 0.1) is 11.8 Å². The Morgan fingerprint density at radius 1 is 0.971 bits per heavy atom. The SMILES string of the molecule is CC(=O)NC1(c2noc(CCC(=O)N3CCC(C(=O)N4CCC(C)CC4)CC3)n2)CCCCCC1. The summed E-state index contributed by atoms with van der Waals surface area (Å²) < 4.78 is 5.49. The van der Waals surface area contributed by atoms with Gasteiger partial charge in [-0.15, -0.1) is 0 Å². The van der Waals surface area contributed by atoms with E-state index < -0.39 is 5.54 Å². The van der Waals surface area contributed by atoms with Gasteiger partial charge >= 0.3 is 0 Å². The Morgan fingerprint density at radius 3 is 2.23 bits per heavy atom. The highest BCUT2D eigenvalue weighted by atomic mass is 16.5. The summed E-state index contributed by atoms with van der Waals surface area (Å²) in [6.07, 6.45) is 10.2. The lowest BCUT2D eigenvalue weighted by Gasteiger charge is -2.36. The first kappa shape index (κ1) is 25.6. The molecule has 194 valence electrons. The number of piperidine rings is 2. The van der Waals surface area contributed by atoms with Crippen LogP contribution < -0.4 is 5.32 Å². The third-order valence-corrected chi connectivity index (χ3v) is 8.11. The van der Waals surface area contributed by atoms with E-state index in [2.05, 4.69) is 22.4 Å². The number of rotatable bonds is 6. The van der Waals surface area contributed by atoms with Crippen LogP contribution in [0.3, 0.4) is 0 Å². The molecule has 1 saturated carbocycles. The molecule has 0 aromatic carbocycles. The van der Waals surface area contributed by atoms with Crippen molar-refractivity contribution in [2.24, 2.45) is 11.8 Å². The normalized spacial score (nSPS) is 22.0. The lowest BCUT2D eigenvalue weighted by Crippen LogP contribution is -2.46. The zero-order valence-corrected chi connectivity index (χ0v) is 21.4. The van der Waals surface area contributed by atoms with E-state index in [1.165, 1.54) is 6.92 Å². The highest BCUT2D eigenvalue weighted by Crippen LogP contribution is 2.34. The first-order valence-corrected chi connectivity index (χ1v) is 13.5. The second-order valence-corrected chi connectivity index (χ2v) is 10.9. The number of carbonyl (C=O) groups is 3. The van der Waals surface area contributed by atoms with Crippen LogP contribution in [0.2, 0.25) is 0 Å². The summed E-state index contributed by atoms with van der Waals surface area (Å²) >= 11 is 0. The van der Waals surface area contributed by atoms with E-state index >= 15 is 0 Å². The fourth-order valence-corrected chi connectivity index (χ4v) is 5.86. The third kappa shape index (κ3) is 6.41. The largest absolute Gasteiger partial charge is 0.343 e. The van der Waals surface area contributed by atoms with E-state index in [9.17, 15) is 14.4 Å². The monoisotopic (exact) mass is 487 g/mol. The molecule has 1 aromatic rings. The standard InChI is InChI=1S/C26H41N5O4/c1-19-9-15-31(16-10-19)24(34)21-11-17-30(18-12-21)23(33)8-7-22-27-25(29-35-22)26(28-20(2)32)13-5-3-4-6-14-26/h19,21H,3-18H2,1-2H3,(H,28,32). The van der Waals surface area contributed by atoms with E-state index in [1.807, 2.05) is 9.80 Å². The van der Waals surface area contributed by atoms with Crippen molar-refractivity contribution in [3.05, 3.63) is 11.7 Å². The van der Waals surface area contributed by atoms with Gasteiger partial charge in [0.1, 0.15) is 5.54 Å². The van der Waals surface area contributed by atoms with Crippen molar-refractivity contribution in [2.75, 3.05) is 26.2 Å². The molecule has 0 unspecified atom stereocenters. The highest BCUT2D eigenvalue weighted by molar-refractivity contribution is 5.80. The predicted octanol–water partition coefficient (Wildman–Crippen LogP) is 3.18. The van der Waals surface area contributed by atoms with Crippen LogP contribution >= 0.6 is 0 Å². The minimum absolute atomic E-state index is 0.0375. The summed E-state index contributed by atoms with van der Waals surface area (Å²) in [4.78, 5) is 46.1. The summed E-state index contributed by atoms with van der Waals surface area (Å²) in [5.74, 6) is 1.95. The van der Waals surface area contributed by atoms with Crippen LogP contribution in [0.1, 0.15) is 96.2 Å². The van der Waals surface area contributed by atoms with Gasteiger partial charge in [0.05, 0.1) is 0 Å². The first-order chi connectivity index (χ1) is 16.9. The fraction of sp³-hybridized carbons (Fsp3) is 0.808. The molecule has 2 saturated heterocycles. The van der Waals surface area contributed by atoms with Crippen LogP contribution in [0.5, 0.6) is 0 Å². The topological polar surface area (TPSA) is 109 Å². The van der Waals surface area contributed by atoms with Gasteiger partial charge in [0.25, 0.3) is 0 Å². The second-order valence-electron chi connectivity index (χ2n) is 10.9. The highest BCUT2D eigenvalue weighted by Gasteiger charge is 2.38. The van der Waals surface area contributed by atoms with Crippen molar-refractivity contribution in [1.82, 2.24) is 25.3 Å². The maximum Gasteiger partial charge on any atom is 0.227 e. The molecule has 35 heavy (non-hydrogen) atoms. The molecule has 9 nitrogen and oxygen atoms in total. The van der Waals surface area contributed by atoms with Crippen molar-refractivity contribution in [3.63, 3.8) is 0 Å². The van der Waals surface area contributed by atoms with Crippen molar-refractivity contribution < 1.29 is 18.9 Å². The molecular weight excluding hydrogens is 446 g/mol. The van der Waals surface area contributed by atoms with Gasteiger partial charge in [0.2, 0.25) is 23.6 Å². The minimum atomic E-state index is -0.574. The summed E-state index contributed by atoms with van der Waals surface area (Å²) in [6.45, 7) is 6.76. The summed E-state index contributed by atoms with van der Waals surface area (Å²) in [5.41, 5.74) is -0.574. The van der Waals surface area contributed by atoms with Crippen LogP contribution in [0.15, 0.2) is 4.52 Å². The van der Waals surface area contributed by atoms with E-state index in [-0.39, 0.29) is 23.6 Å². The molecule has 0 spiro atoms. The van der Waals surface area contributed by atoms with Crippen LogP contribution in [0.25, 0.3) is 0 Å². The van der Waals surface area contributed by atoms with Crippen molar-refractivity contribution in [3.8, 4) is 0 Å². The predicted molar refractivity (Wildman–Crippen MR) is 130 cm³/mol. The molecule has 0 atom stereocenters. The van der Waals surface area contributed by atoms with E-state index in [1.54, 1.807) is 0 Å². The lowest BCUT2D eigenvalue weighted by molar-refractivity contribution is -0.141. The molecule has 2 aliphatic heterocycles. The maximum absolute atomic E-state index is 12.9. The third-order valence-electron chi connectivity index (χ3n) is 8.11. The quantitative estimate of drug-likeness (QED) is 0.618. The molecule has 3 fully saturated rings. The fourth-order valence-electron chi connectivity index (χ4n) is 5.86. The Bertz CT molecular complexity index is 876. The molecule has 1 aromatic heterocycles. The number of nitrogens with zero attached hydrogens (tertiary/aromatic N) is 4. The summed E-state index contributed by atoms with van der Waals surface area (Å²) in [5, 5.41) is 7.30. The first-order valence-electron chi connectivity index (χ1n) is 13.5. The smallest absolute Gasteiger partial charge is 0.227 e. The van der Waals surface area contributed by atoms with Gasteiger partial charge in [-0.05, 0) is 44.4 Å². The summed E-state index contributed by atoms with van der Waals surface area (Å²) in [7, 11) is 0. The Labute approximate surface area is 208 Å². The average Bonchev–Trinajstić information content (AvgIpc) is 3.22. The molecule has 9 heteroatoms. The molecule has 0 radical (unpaired) electrons. The van der Waals surface area contributed by atoms with Crippen LogP contribution in [0.4, 0.5) is 0 Å². The number of hydrogen-bond donors (Lipinski definition) is 1. The Hall–Kier alpha value is -2.45. The number of carbonyl (C=O) groups excluding carboxylic acids is 3. The van der Waals surface area contributed by atoms with Crippen LogP contribution in [-0.2, 0) is 26.3 Å². The Kier molecular flexibility index (Phi) is 8.44. The van der Waals surface area contributed by atoms with Gasteiger partial charge in [-0.3, -0.25) is 14.4 Å². The molecular formula is C26H41N5O4. The maximum atomic E-state index is 12.9. The minimum Gasteiger partial charge on any atom is -0.343 e. The Balaban J connectivity index is 1.26. The van der Waals surface area contributed by atoms with E-state index in [0.29, 0.717) is 43.6 Å². The summed E-state index contributed by atoms with van der Waals surface area (Å²) in [6, 6.07) is 0. The average molecular weight is 488 g/mol.